The fourth-order valence-electron chi connectivity index (χ4n) is 3.05. The quantitative estimate of drug-likeness (QED) is 0.406. The smallest absolute Gasteiger partial charge is 0.207 e. The van der Waals surface area contributed by atoms with Gasteiger partial charge in [0.25, 0.3) is 9.05 Å². The zero-order chi connectivity index (χ0) is 16.7. The first kappa shape index (κ1) is 18.3. The molecular formula is C19H25ClO2S. The fourth-order valence-corrected chi connectivity index (χ4v) is 4.52. The van der Waals surface area contributed by atoms with Gasteiger partial charge in [-0.1, -0.05) is 81.8 Å². The molecule has 2 aromatic rings. The summed E-state index contributed by atoms with van der Waals surface area (Å²) in [6, 6.07) is 11.4. The minimum atomic E-state index is -3.74. The van der Waals surface area contributed by atoms with E-state index in [0.717, 1.165) is 35.6 Å². The van der Waals surface area contributed by atoms with Crippen molar-refractivity contribution in [2.24, 2.45) is 0 Å². The molecule has 0 aliphatic rings. The van der Waals surface area contributed by atoms with Crippen LogP contribution in [0.5, 0.6) is 0 Å². The van der Waals surface area contributed by atoms with Crippen LogP contribution in [-0.4, -0.2) is 8.42 Å². The number of hydrogen-bond acceptors (Lipinski definition) is 2. The molecule has 0 fully saturated rings. The van der Waals surface area contributed by atoms with Gasteiger partial charge in [-0.2, -0.15) is 0 Å². The van der Waals surface area contributed by atoms with Crippen molar-refractivity contribution in [2.75, 3.05) is 0 Å². The summed E-state index contributed by atoms with van der Waals surface area (Å²) in [5, 5.41) is 1.64. The van der Waals surface area contributed by atoms with E-state index in [1.165, 1.54) is 32.1 Å². The van der Waals surface area contributed by atoms with Crippen molar-refractivity contribution in [1.29, 1.82) is 0 Å². The maximum Gasteiger partial charge on any atom is 0.262 e. The maximum atomic E-state index is 12.0. The van der Waals surface area contributed by atoms with Crippen molar-refractivity contribution >= 4 is 30.5 Å². The molecule has 0 unspecified atom stereocenters. The molecule has 0 bridgehead atoms. The van der Waals surface area contributed by atoms with Gasteiger partial charge in [0.2, 0.25) is 0 Å². The van der Waals surface area contributed by atoms with Gasteiger partial charge in [0.15, 0.2) is 0 Å². The van der Waals surface area contributed by atoms with Crippen molar-refractivity contribution in [3.05, 3.63) is 42.0 Å². The predicted octanol–water partition coefficient (Wildman–Crippen LogP) is 6.06. The summed E-state index contributed by atoms with van der Waals surface area (Å²) in [4.78, 5) is 0.295. The Hall–Kier alpha value is -1.06. The lowest BCUT2D eigenvalue weighted by Gasteiger charge is -2.10. The standard InChI is InChI=1S/C19H25ClO2S/c1-2-3-4-5-6-7-8-12-17-15-14-16-11-9-10-13-18(16)19(17)23(20,21)22/h9-11,13-15H,2-8,12H2,1H3. The predicted molar refractivity (Wildman–Crippen MR) is 98.7 cm³/mol. The van der Waals surface area contributed by atoms with Crippen LogP contribution in [0.4, 0.5) is 0 Å². The van der Waals surface area contributed by atoms with Crippen LogP contribution in [-0.2, 0) is 15.5 Å². The van der Waals surface area contributed by atoms with Crippen LogP contribution in [0.15, 0.2) is 41.3 Å². The molecule has 0 saturated heterocycles. The highest BCUT2D eigenvalue weighted by molar-refractivity contribution is 8.14. The van der Waals surface area contributed by atoms with Gasteiger partial charge in [-0.25, -0.2) is 8.42 Å². The van der Waals surface area contributed by atoms with Crippen molar-refractivity contribution in [3.63, 3.8) is 0 Å². The number of halogens is 1. The van der Waals surface area contributed by atoms with Gasteiger partial charge in [0.05, 0.1) is 4.90 Å². The first-order valence-corrected chi connectivity index (χ1v) is 10.8. The maximum absolute atomic E-state index is 12.0. The van der Waals surface area contributed by atoms with E-state index in [2.05, 4.69) is 6.92 Å². The number of hydrogen-bond donors (Lipinski definition) is 0. The summed E-state index contributed by atoms with van der Waals surface area (Å²) < 4.78 is 24.1. The molecule has 0 saturated carbocycles. The molecule has 2 aromatic carbocycles. The number of rotatable bonds is 9. The molecule has 0 aromatic heterocycles. The molecule has 2 rings (SSSR count). The van der Waals surface area contributed by atoms with Crippen LogP contribution < -0.4 is 0 Å². The topological polar surface area (TPSA) is 34.1 Å². The molecule has 0 aliphatic heterocycles. The molecule has 0 atom stereocenters. The zero-order valence-electron chi connectivity index (χ0n) is 13.7. The molecule has 0 amide bonds. The second-order valence-corrected chi connectivity index (χ2v) is 8.59. The van der Waals surface area contributed by atoms with E-state index >= 15 is 0 Å². The second kappa shape index (κ2) is 8.70. The minimum Gasteiger partial charge on any atom is -0.207 e. The molecule has 0 N–H and O–H groups in total. The van der Waals surface area contributed by atoms with Gasteiger partial charge >= 0.3 is 0 Å². The van der Waals surface area contributed by atoms with E-state index < -0.39 is 9.05 Å². The summed E-state index contributed by atoms with van der Waals surface area (Å²) in [7, 11) is 1.97. The molecule has 2 nitrogen and oxygen atoms in total. The highest BCUT2D eigenvalue weighted by Crippen LogP contribution is 2.30. The molecule has 0 spiro atoms. The van der Waals surface area contributed by atoms with Crippen molar-refractivity contribution in [2.45, 2.75) is 63.2 Å². The van der Waals surface area contributed by atoms with Crippen LogP contribution in [0.1, 0.15) is 57.4 Å². The third-order valence-electron chi connectivity index (χ3n) is 4.25. The number of fused-ring (bicyclic) bond motifs is 1. The molecule has 126 valence electrons. The highest BCUT2D eigenvalue weighted by atomic mass is 35.7. The summed E-state index contributed by atoms with van der Waals surface area (Å²) in [6.45, 7) is 2.22. The molecular weight excluding hydrogens is 328 g/mol. The Labute approximate surface area is 144 Å². The number of unbranched alkanes of at least 4 members (excludes halogenated alkanes) is 6. The van der Waals surface area contributed by atoms with Gasteiger partial charge < -0.3 is 0 Å². The zero-order valence-corrected chi connectivity index (χ0v) is 15.3. The fraction of sp³-hybridized carbons (Fsp3) is 0.474. The molecule has 0 radical (unpaired) electrons. The summed E-state index contributed by atoms with van der Waals surface area (Å²) in [5.74, 6) is 0. The van der Waals surface area contributed by atoms with E-state index in [4.69, 9.17) is 10.7 Å². The van der Waals surface area contributed by atoms with Crippen molar-refractivity contribution in [3.8, 4) is 0 Å². The molecule has 4 heteroatoms. The SMILES string of the molecule is CCCCCCCCCc1ccc2ccccc2c1S(=O)(=O)Cl. The average Bonchev–Trinajstić information content (AvgIpc) is 2.52. The number of benzene rings is 2. The van der Waals surface area contributed by atoms with Crippen molar-refractivity contribution in [1.82, 2.24) is 0 Å². The Morgan fingerprint density at radius 1 is 0.870 bits per heavy atom. The normalized spacial score (nSPS) is 11.9. The Morgan fingerprint density at radius 3 is 2.22 bits per heavy atom. The van der Waals surface area contributed by atoms with E-state index in [9.17, 15) is 8.42 Å². The lowest BCUT2D eigenvalue weighted by molar-refractivity contribution is 0.586. The minimum absolute atomic E-state index is 0.295. The summed E-state index contributed by atoms with van der Waals surface area (Å²) in [6.07, 6.45) is 9.26. The van der Waals surface area contributed by atoms with E-state index in [1.807, 2.05) is 36.4 Å². The van der Waals surface area contributed by atoms with Gasteiger partial charge in [-0.05, 0) is 23.8 Å². The second-order valence-electron chi connectivity index (χ2n) is 6.08. The third-order valence-corrected chi connectivity index (χ3v) is 5.69. The van der Waals surface area contributed by atoms with Crippen molar-refractivity contribution < 1.29 is 8.42 Å². The Kier molecular flexibility index (Phi) is 6.91. The van der Waals surface area contributed by atoms with E-state index in [0.29, 0.717) is 4.90 Å². The first-order valence-electron chi connectivity index (χ1n) is 8.49. The Bertz CT molecular complexity index is 738. The van der Waals surface area contributed by atoms with Gasteiger partial charge in [-0.15, -0.1) is 0 Å². The molecule has 0 aliphatic carbocycles. The van der Waals surface area contributed by atoms with Crippen LogP contribution in [0.25, 0.3) is 10.8 Å². The monoisotopic (exact) mass is 352 g/mol. The van der Waals surface area contributed by atoms with Gasteiger partial charge in [0.1, 0.15) is 0 Å². The number of aryl methyl sites for hydroxylation is 1. The van der Waals surface area contributed by atoms with Crippen LogP contribution in [0, 0.1) is 0 Å². The summed E-state index contributed by atoms with van der Waals surface area (Å²) >= 11 is 0. The average molecular weight is 353 g/mol. The van der Waals surface area contributed by atoms with Gasteiger partial charge in [0, 0.05) is 16.1 Å². The van der Waals surface area contributed by atoms with Crippen LogP contribution in [0.3, 0.4) is 0 Å². The van der Waals surface area contributed by atoms with E-state index in [1.54, 1.807) is 0 Å². The first-order chi connectivity index (χ1) is 11.0. The van der Waals surface area contributed by atoms with E-state index in [-0.39, 0.29) is 0 Å². The highest BCUT2D eigenvalue weighted by Gasteiger charge is 2.18. The van der Waals surface area contributed by atoms with Gasteiger partial charge in [-0.3, -0.25) is 0 Å². The van der Waals surface area contributed by atoms with Crippen LogP contribution >= 0.6 is 10.7 Å². The Balaban J connectivity index is 2.08. The molecule has 0 heterocycles. The van der Waals surface area contributed by atoms with Crippen LogP contribution in [0.2, 0.25) is 0 Å². The lowest BCUT2D eigenvalue weighted by atomic mass is 10.0. The Morgan fingerprint density at radius 2 is 1.52 bits per heavy atom. The third kappa shape index (κ3) is 5.22. The largest absolute Gasteiger partial charge is 0.262 e. The summed E-state index contributed by atoms with van der Waals surface area (Å²) in [5.41, 5.74) is 0.840. The molecule has 23 heavy (non-hydrogen) atoms. The lowest BCUT2D eigenvalue weighted by Crippen LogP contribution is -2.00.